The lowest BCUT2D eigenvalue weighted by atomic mass is 10.1. The zero-order valence-corrected chi connectivity index (χ0v) is 17.9. The first kappa shape index (κ1) is 20.2. The van der Waals surface area contributed by atoms with Crippen LogP contribution in [0.15, 0.2) is 72.8 Å². The van der Waals surface area contributed by atoms with Crippen LogP contribution >= 0.6 is 0 Å². The fraction of sp³-hybridized carbons (Fsp3) is 0.231. The summed E-state index contributed by atoms with van der Waals surface area (Å²) in [5.74, 6) is 1.48. The number of halogens is 1. The van der Waals surface area contributed by atoms with Gasteiger partial charge in [0.25, 0.3) is 0 Å². The Morgan fingerprint density at radius 3 is 2.53 bits per heavy atom. The topological polar surface area (TPSA) is 47.4 Å². The molecule has 2 heterocycles. The van der Waals surface area contributed by atoms with E-state index in [0.717, 1.165) is 33.9 Å². The van der Waals surface area contributed by atoms with Crippen molar-refractivity contribution >= 4 is 22.6 Å². The number of nitrogens with zero attached hydrogens (tertiary/aromatic N) is 3. The smallest absolute Gasteiger partial charge is 0.227 e. The molecule has 32 heavy (non-hydrogen) atoms. The number of para-hydroxylation sites is 2. The van der Waals surface area contributed by atoms with Crippen LogP contribution in [0.4, 0.5) is 10.1 Å². The molecule has 1 saturated heterocycles. The molecule has 1 atom stereocenters. The van der Waals surface area contributed by atoms with Crippen LogP contribution in [0, 0.1) is 5.82 Å². The van der Waals surface area contributed by atoms with Crippen molar-refractivity contribution in [3.05, 3.63) is 90.0 Å². The van der Waals surface area contributed by atoms with E-state index in [1.165, 1.54) is 12.1 Å². The van der Waals surface area contributed by atoms with Crippen molar-refractivity contribution < 1.29 is 13.9 Å². The van der Waals surface area contributed by atoms with Crippen LogP contribution in [0.5, 0.6) is 5.75 Å². The largest absolute Gasteiger partial charge is 0.494 e. The zero-order valence-electron chi connectivity index (χ0n) is 17.9. The minimum Gasteiger partial charge on any atom is -0.494 e. The Morgan fingerprint density at radius 1 is 1.03 bits per heavy atom. The highest BCUT2D eigenvalue weighted by atomic mass is 19.1. The van der Waals surface area contributed by atoms with E-state index in [1.807, 2.05) is 60.4 Å². The number of rotatable bonds is 6. The maximum Gasteiger partial charge on any atom is 0.227 e. The monoisotopic (exact) mass is 429 g/mol. The number of aromatic nitrogens is 2. The summed E-state index contributed by atoms with van der Waals surface area (Å²) in [6.45, 7) is 3.69. The number of hydrogen-bond acceptors (Lipinski definition) is 3. The second-order valence-corrected chi connectivity index (χ2v) is 8.00. The number of ether oxygens (including phenoxy) is 1. The highest BCUT2D eigenvalue weighted by Crippen LogP contribution is 2.34. The van der Waals surface area contributed by atoms with Crippen LogP contribution in [-0.2, 0) is 11.3 Å². The van der Waals surface area contributed by atoms with Crippen LogP contribution in [0.1, 0.15) is 30.7 Å². The van der Waals surface area contributed by atoms with Crippen molar-refractivity contribution in [3.8, 4) is 5.75 Å². The summed E-state index contributed by atoms with van der Waals surface area (Å²) in [4.78, 5) is 19.6. The van der Waals surface area contributed by atoms with Gasteiger partial charge in [0, 0.05) is 31.1 Å². The molecular formula is C26H24FN3O2. The van der Waals surface area contributed by atoms with E-state index < -0.39 is 0 Å². The lowest BCUT2D eigenvalue weighted by Crippen LogP contribution is -2.24. The lowest BCUT2D eigenvalue weighted by molar-refractivity contribution is -0.117. The molecule has 1 aliphatic heterocycles. The van der Waals surface area contributed by atoms with Gasteiger partial charge in [0.05, 0.1) is 17.6 Å². The maximum atomic E-state index is 13.4. The van der Waals surface area contributed by atoms with Gasteiger partial charge in [-0.15, -0.1) is 0 Å². The van der Waals surface area contributed by atoms with E-state index in [2.05, 4.69) is 4.57 Å². The highest BCUT2D eigenvalue weighted by molar-refractivity contribution is 5.96. The van der Waals surface area contributed by atoms with Crippen LogP contribution in [-0.4, -0.2) is 28.6 Å². The summed E-state index contributed by atoms with van der Waals surface area (Å²) in [6, 6.07) is 22.1. The molecule has 1 fully saturated rings. The van der Waals surface area contributed by atoms with Crippen LogP contribution in [0.3, 0.4) is 0 Å². The van der Waals surface area contributed by atoms with Gasteiger partial charge in [0.15, 0.2) is 0 Å². The number of fused-ring (bicyclic) bond motifs is 1. The Morgan fingerprint density at radius 2 is 1.78 bits per heavy atom. The summed E-state index contributed by atoms with van der Waals surface area (Å²) in [5.41, 5.74) is 3.76. The third-order valence-electron chi connectivity index (χ3n) is 5.89. The Labute approximate surface area is 186 Å². The molecule has 0 bridgehead atoms. The molecule has 5 nitrogen and oxygen atoms in total. The molecule has 0 unspecified atom stereocenters. The average Bonchev–Trinajstić information content (AvgIpc) is 3.37. The van der Waals surface area contributed by atoms with E-state index in [1.54, 1.807) is 12.1 Å². The number of carbonyl (C=O) groups excluding carboxylic acids is 1. The van der Waals surface area contributed by atoms with Gasteiger partial charge in [-0.2, -0.15) is 0 Å². The minimum absolute atomic E-state index is 0.0260. The fourth-order valence-electron chi connectivity index (χ4n) is 4.36. The van der Waals surface area contributed by atoms with Crippen LogP contribution < -0.4 is 9.64 Å². The Hall–Kier alpha value is -3.67. The van der Waals surface area contributed by atoms with Crippen molar-refractivity contribution in [1.29, 1.82) is 0 Å². The van der Waals surface area contributed by atoms with E-state index in [9.17, 15) is 9.18 Å². The first-order valence-electron chi connectivity index (χ1n) is 10.8. The summed E-state index contributed by atoms with van der Waals surface area (Å²) in [5, 5.41) is 0. The quantitative estimate of drug-likeness (QED) is 0.426. The Kier molecular flexibility index (Phi) is 5.35. The Bertz CT molecular complexity index is 1250. The standard InChI is InChI=1S/C26H24FN3O2/c1-2-32-22-13-11-21(12-14-22)29-17-19(15-25(29)31)26-28-23-5-3-4-6-24(23)30(26)16-18-7-9-20(27)10-8-18/h3-14,19H,2,15-17H2,1H3/t19-/m1/s1. The lowest BCUT2D eigenvalue weighted by Gasteiger charge is -2.18. The second-order valence-electron chi connectivity index (χ2n) is 8.00. The highest BCUT2D eigenvalue weighted by Gasteiger charge is 2.34. The SMILES string of the molecule is CCOc1ccc(N2C[C@H](c3nc4ccccc4n3Cc3ccc(F)cc3)CC2=O)cc1. The van der Waals surface area contributed by atoms with Gasteiger partial charge in [-0.05, 0) is 61.0 Å². The summed E-state index contributed by atoms with van der Waals surface area (Å²) >= 11 is 0. The predicted octanol–water partition coefficient (Wildman–Crippen LogP) is 5.14. The molecule has 1 aromatic heterocycles. The summed E-state index contributed by atoms with van der Waals surface area (Å²) < 4.78 is 21.1. The minimum atomic E-state index is -0.253. The number of amides is 1. The molecule has 1 aliphatic rings. The van der Waals surface area contributed by atoms with Gasteiger partial charge < -0.3 is 14.2 Å². The van der Waals surface area contributed by atoms with Crippen LogP contribution in [0.25, 0.3) is 11.0 Å². The fourth-order valence-corrected chi connectivity index (χ4v) is 4.36. The predicted molar refractivity (Wildman–Crippen MR) is 123 cm³/mol. The van der Waals surface area contributed by atoms with Crippen molar-refractivity contribution in [3.63, 3.8) is 0 Å². The molecule has 3 aromatic carbocycles. The van der Waals surface area contributed by atoms with Crippen molar-refractivity contribution in [2.45, 2.75) is 25.8 Å². The third-order valence-corrected chi connectivity index (χ3v) is 5.89. The molecule has 0 spiro atoms. The zero-order chi connectivity index (χ0) is 22.1. The van der Waals surface area contributed by atoms with Crippen LogP contribution in [0.2, 0.25) is 0 Å². The number of hydrogen-bond donors (Lipinski definition) is 0. The van der Waals surface area contributed by atoms with E-state index >= 15 is 0 Å². The third kappa shape index (κ3) is 3.84. The van der Waals surface area contributed by atoms with E-state index in [4.69, 9.17) is 9.72 Å². The normalized spacial score (nSPS) is 16.1. The van der Waals surface area contributed by atoms with Gasteiger partial charge in [-0.3, -0.25) is 4.79 Å². The number of carbonyl (C=O) groups is 1. The van der Waals surface area contributed by atoms with Gasteiger partial charge in [-0.1, -0.05) is 24.3 Å². The van der Waals surface area contributed by atoms with Gasteiger partial charge in [0.1, 0.15) is 17.4 Å². The molecule has 5 rings (SSSR count). The first-order valence-corrected chi connectivity index (χ1v) is 10.8. The first-order chi connectivity index (χ1) is 15.6. The number of anilines is 1. The molecule has 162 valence electrons. The average molecular weight is 429 g/mol. The van der Waals surface area contributed by atoms with Crippen molar-refractivity contribution in [2.24, 2.45) is 0 Å². The number of imidazole rings is 1. The summed E-state index contributed by atoms with van der Waals surface area (Å²) in [6.07, 6.45) is 0.403. The van der Waals surface area contributed by atoms with E-state index in [0.29, 0.717) is 26.1 Å². The molecule has 0 aliphatic carbocycles. The van der Waals surface area contributed by atoms with Gasteiger partial charge in [-0.25, -0.2) is 9.37 Å². The number of benzene rings is 3. The Balaban J connectivity index is 1.46. The molecule has 0 saturated carbocycles. The van der Waals surface area contributed by atoms with E-state index in [-0.39, 0.29) is 17.6 Å². The van der Waals surface area contributed by atoms with Crippen molar-refractivity contribution in [2.75, 3.05) is 18.1 Å². The molecule has 0 N–H and O–H groups in total. The molecular weight excluding hydrogens is 405 g/mol. The van der Waals surface area contributed by atoms with Gasteiger partial charge >= 0.3 is 0 Å². The van der Waals surface area contributed by atoms with Crippen molar-refractivity contribution in [1.82, 2.24) is 9.55 Å². The maximum absolute atomic E-state index is 13.4. The molecule has 4 aromatic rings. The summed E-state index contributed by atoms with van der Waals surface area (Å²) in [7, 11) is 0. The molecule has 0 radical (unpaired) electrons. The molecule has 1 amide bonds. The van der Waals surface area contributed by atoms with Gasteiger partial charge in [0.2, 0.25) is 5.91 Å². The molecule has 6 heteroatoms. The second kappa shape index (κ2) is 8.46.